The molecule has 1 aliphatic rings. The van der Waals surface area contributed by atoms with Crippen molar-refractivity contribution in [3.05, 3.63) is 0 Å². The monoisotopic (exact) mass is 160 g/mol. The summed E-state index contributed by atoms with van der Waals surface area (Å²) in [6.45, 7) is 5.44. The number of β-amino-alcohol motifs (C(OH)–C–C–N with tert-alkyl or cyclic N) is 1. The average molecular weight is 160 g/mol. The molecule has 0 aromatic heterocycles. The van der Waals surface area contributed by atoms with Gasteiger partial charge in [-0.15, -0.1) is 0 Å². The maximum absolute atomic E-state index is 9.10. The smallest absolute Gasteiger partial charge is 0.0682 e. The van der Waals surface area contributed by atoms with Gasteiger partial charge >= 0.3 is 0 Å². The SMILES string of the molecule is CC.CN1CC(O)CC1CN. The number of rotatable bonds is 1. The van der Waals surface area contributed by atoms with Crippen molar-refractivity contribution in [1.82, 2.24) is 4.90 Å². The number of aliphatic hydroxyl groups is 1. The Bertz CT molecular complexity index is 98.1. The highest BCUT2D eigenvalue weighted by Crippen LogP contribution is 2.13. The second-order valence-electron chi connectivity index (χ2n) is 2.72. The number of aliphatic hydroxyl groups excluding tert-OH is 1. The summed E-state index contributed by atoms with van der Waals surface area (Å²) in [5, 5.41) is 9.10. The number of likely N-dealkylation sites (tertiary alicyclic amines) is 1. The molecule has 0 bridgehead atoms. The minimum Gasteiger partial charge on any atom is -0.392 e. The van der Waals surface area contributed by atoms with Gasteiger partial charge in [0.25, 0.3) is 0 Å². The van der Waals surface area contributed by atoms with Crippen molar-refractivity contribution < 1.29 is 5.11 Å². The van der Waals surface area contributed by atoms with Gasteiger partial charge in [0.1, 0.15) is 0 Å². The molecule has 68 valence electrons. The van der Waals surface area contributed by atoms with Crippen molar-refractivity contribution in [2.45, 2.75) is 32.4 Å². The highest BCUT2D eigenvalue weighted by molar-refractivity contribution is 4.82. The van der Waals surface area contributed by atoms with Crippen LogP contribution < -0.4 is 5.73 Å². The van der Waals surface area contributed by atoms with Gasteiger partial charge in [-0.05, 0) is 13.5 Å². The van der Waals surface area contributed by atoms with Gasteiger partial charge < -0.3 is 10.8 Å². The van der Waals surface area contributed by atoms with E-state index in [1.807, 2.05) is 20.9 Å². The highest BCUT2D eigenvalue weighted by atomic mass is 16.3. The van der Waals surface area contributed by atoms with E-state index in [1.54, 1.807) is 0 Å². The third-order valence-corrected chi connectivity index (χ3v) is 1.94. The van der Waals surface area contributed by atoms with Gasteiger partial charge in [-0.25, -0.2) is 0 Å². The van der Waals surface area contributed by atoms with E-state index < -0.39 is 0 Å². The van der Waals surface area contributed by atoms with Crippen molar-refractivity contribution in [3.63, 3.8) is 0 Å². The molecule has 0 aromatic carbocycles. The zero-order valence-electron chi connectivity index (χ0n) is 7.75. The van der Waals surface area contributed by atoms with Crippen LogP contribution in [0.4, 0.5) is 0 Å². The molecular formula is C8H20N2O. The molecule has 1 rings (SSSR count). The van der Waals surface area contributed by atoms with E-state index >= 15 is 0 Å². The maximum Gasteiger partial charge on any atom is 0.0682 e. The lowest BCUT2D eigenvalue weighted by molar-refractivity contribution is 0.182. The standard InChI is InChI=1S/C6H14N2O.C2H6/c1-8-4-6(9)2-5(8)3-7;1-2/h5-6,9H,2-4,7H2,1H3;1-2H3. The summed E-state index contributed by atoms with van der Waals surface area (Å²) in [6.07, 6.45) is 0.691. The minimum atomic E-state index is -0.149. The van der Waals surface area contributed by atoms with Crippen molar-refractivity contribution >= 4 is 0 Å². The fourth-order valence-corrected chi connectivity index (χ4v) is 1.33. The van der Waals surface area contributed by atoms with Crippen LogP contribution in [-0.4, -0.2) is 42.3 Å². The Balaban J connectivity index is 0.000000461. The lowest BCUT2D eigenvalue weighted by Gasteiger charge is -2.15. The molecule has 3 N–H and O–H groups in total. The Morgan fingerprint density at radius 3 is 2.27 bits per heavy atom. The molecule has 0 spiro atoms. The Morgan fingerprint density at radius 1 is 1.55 bits per heavy atom. The van der Waals surface area contributed by atoms with E-state index in [2.05, 4.69) is 4.90 Å². The summed E-state index contributed by atoms with van der Waals surface area (Å²) < 4.78 is 0. The summed E-state index contributed by atoms with van der Waals surface area (Å²) in [4.78, 5) is 2.10. The second-order valence-corrected chi connectivity index (χ2v) is 2.72. The Hall–Kier alpha value is -0.120. The van der Waals surface area contributed by atoms with Crippen LogP contribution in [0.2, 0.25) is 0 Å². The molecule has 2 unspecified atom stereocenters. The van der Waals surface area contributed by atoms with Crippen LogP contribution in [0.15, 0.2) is 0 Å². The quantitative estimate of drug-likeness (QED) is 0.569. The maximum atomic E-state index is 9.10. The van der Waals surface area contributed by atoms with Crippen molar-refractivity contribution in [2.24, 2.45) is 5.73 Å². The molecule has 1 heterocycles. The van der Waals surface area contributed by atoms with Gasteiger partial charge in [0.15, 0.2) is 0 Å². The van der Waals surface area contributed by atoms with Gasteiger partial charge in [0.05, 0.1) is 6.10 Å². The van der Waals surface area contributed by atoms with Crippen LogP contribution >= 0.6 is 0 Å². The average Bonchev–Trinajstić information content (AvgIpc) is 2.33. The molecular weight excluding hydrogens is 140 g/mol. The van der Waals surface area contributed by atoms with E-state index in [1.165, 1.54) is 0 Å². The van der Waals surface area contributed by atoms with E-state index in [4.69, 9.17) is 10.8 Å². The molecule has 3 heteroatoms. The van der Waals surface area contributed by atoms with Gasteiger partial charge in [-0.1, -0.05) is 13.8 Å². The third-order valence-electron chi connectivity index (χ3n) is 1.94. The van der Waals surface area contributed by atoms with Crippen molar-refractivity contribution in [1.29, 1.82) is 0 Å². The van der Waals surface area contributed by atoms with Gasteiger partial charge in [0, 0.05) is 19.1 Å². The molecule has 0 radical (unpaired) electrons. The molecule has 1 fully saturated rings. The summed E-state index contributed by atoms with van der Waals surface area (Å²) in [5.41, 5.74) is 5.43. The molecule has 0 aliphatic carbocycles. The highest BCUT2D eigenvalue weighted by Gasteiger charge is 2.26. The first-order valence-corrected chi connectivity index (χ1v) is 4.32. The Kier molecular flexibility index (Phi) is 5.46. The second kappa shape index (κ2) is 5.52. The van der Waals surface area contributed by atoms with Crippen LogP contribution in [0.1, 0.15) is 20.3 Å². The van der Waals surface area contributed by atoms with Gasteiger partial charge in [-0.3, -0.25) is 4.90 Å². The lowest BCUT2D eigenvalue weighted by Crippen LogP contribution is -2.31. The first-order valence-electron chi connectivity index (χ1n) is 4.32. The van der Waals surface area contributed by atoms with Crippen LogP contribution in [0.25, 0.3) is 0 Å². The number of hydrogen-bond donors (Lipinski definition) is 2. The fraction of sp³-hybridized carbons (Fsp3) is 1.00. The topological polar surface area (TPSA) is 49.5 Å². The lowest BCUT2D eigenvalue weighted by atomic mass is 10.2. The Labute approximate surface area is 69.2 Å². The fourth-order valence-electron chi connectivity index (χ4n) is 1.33. The van der Waals surface area contributed by atoms with E-state index in [9.17, 15) is 0 Å². The molecule has 1 saturated heterocycles. The molecule has 2 atom stereocenters. The molecule has 11 heavy (non-hydrogen) atoms. The number of nitrogens with two attached hydrogens (primary N) is 1. The number of likely N-dealkylation sites (N-methyl/N-ethyl adjacent to an activating group) is 1. The number of hydrogen-bond acceptors (Lipinski definition) is 3. The van der Waals surface area contributed by atoms with Crippen LogP contribution in [0.5, 0.6) is 0 Å². The van der Waals surface area contributed by atoms with Crippen molar-refractivity contribution in [2.75, 3.05) is 20.1 Å². The minimum absolute atomic E-state index is 0.149. The molecule has 3 nitrogen and oxygen atoms in total. The summed E-state index contributed by atoms with van der Waals surface area (Å²) >= 11 is 0. The van der Waals surface area contributed by atoms with E-state index in [-0.39, 0.29) is 6.10 Å². The molecule has 0 aromatic rings. The van der Waals surface area contributed by atoms with E-state index in [0.29, 0.717) is 12.6 Å². The molecule has 1 aliphatic heterocycles. The van der Waals surface area contributed by atoms with Crippen LogP contribution in [0.3, 0.4) is 0 Å². The van der Waals surface area contributed by atoms with Crippen molar-refractivity contribution in [3.8, 4) is 0 Å². The Morgan fingerprint density at radius 2 is 2.09 bits per heavy atom. The third kappa shape index (κ3) is 3.18. The summed E-state index contributed by atoms with van der Waals surface area (Å²) in [7, 11) is 1.99. The summed E-state index contributed by atoms with van der Waals surface area (Å²) in [5.74, 6) is 0. The predicted octanol–water partition coefficient (Wildman–Crippen LogP) is 0.0363. The largest absolute Gasteiger partial charge is 0.392 e. The zero-order valence-corrected chi connectivity index (χ0v) is 7.75. The van der Waals surface area contributed by atoms with Crippen LogP contribution in [0, 0.1) is 0 Å². The normalized spacial score (nSPS) is 31.4. The number of nitrogens with zero attached hydrogens (tertiary/aromatic N) is 1. The molecule has 0 saturated carbocycles. The predicted molar refractivity (Wildman–Crippen MR) is 47.4 cm³/mol. The summed E-state index contributed by atoms with van der Waals surface area (Å²) in [6, 6.07) is 0.403. The zero-order chi connectivity index (χ0) is 8.85. The van der Waals surface area contributed by atoms with Gasteiger partial charge in [0.2, 0.25) is 0 Å². The van der Waals surface area contributed by atoms with Gasteiger partial charge in [-0.2, -0.15) is 0 Å². The first kappa shape index (κ1) is 10.9. The van der Waals surface area contributed by atoms with E-state index in [0.717, 1.165) is 13.0 Å². The van der Waals surface area contributed by atoms with Crippen LogP contribution in [-0.2, 0) is 0 Å². The first-order chi connectivity index (χ1) is 5.24. The molecule has 0 amide bonds.